The van der Waals surface area contributed by atoms with Gasteiger partial charge >= 0.3 is 0 Å². The number of nitrogens with zero attached hydrogens (tertiary/aromatic N) is 1. The summed E-state index contributed by atoms with van der Waals surface area (Å²) in [4.78, 5) is 14.0. The Kier molecular flexibility index (Phi) is 1.83. The van der Waals surface area contributed by atoms with Crippen LogP contribution in [0.5, 0.6) is 0 Å². The van der Waals surface area contributed by atoms with Crippen molar-refractivity contribution in [3.8, 4) is 0 Å². The lowest BCUT2D eigenvalue weighted by molar-refractivity contribution is -0.121. The lowest BCUT2D eigenvalue weighted by Crippen LogP contribution is -2.24. The Morgan fingerprint density at radius 3 is 2.46 bits per heavy atom. The van der Waals surface area contributed by atoms with Crippen molar-refractivity contribution in [1.29, 1.82) is 0 Å². The predicted octanol–water partition coefficient (Wildman–Crippen LogP) is 1.85. The van der Waals surface area contributed by atoms with Gasteiger partial charge in [-0.1, -0.05) is 18.8 Å². The third-order valence-electron chi connectivity index (χ3n) is 2.88. The molecule has 0 bridgehead atoms. The minimum absolute atomic E-state index is 0.0365. The van der Waals surface area contributed by atoms with E-state index in [0.717, 1.165) is 9.23 Å². The SMILES string of the molecule is C=C1C(=O)N(C)C(=S)S1(C)C1CC1. The van der Waals surface area contributed by atoms with Gasteiger partial charge in [0, 0.05) is 7.05 Å². The number of carbonyl (C=O) groups is 1. The van der Waals surface area contributed by atoms with Gasteiger partial charge < -0.3 is 0 Å². The fraction of sp³-hybridized carbons (Fsp3) is 0.556. The molecule has 4 heteroatoms. The first-order chi connectivity index (χ1) is 5.99. The molecule has 1 aliphatic heterocycles. The smallest absolute Gasteiger partial charge is 0.263 e. The molecule has 0 aromatic heterocycles. The molecule has 1 unspecified atom stereocenters. The molecule has 0 N–H and O–H groups in total. The monoisotopic (exact) mass is 215 g/mol. The first kappa shape index (κ1) is 9.21. The summed E-state index contributed by atoms with van der Waals surface area (Å²) in [6.07, 6.45) is 4.56. The number of amides is 1. The second-order valence-electron chi connectivity index (χ2n) is 3.73. The van der Waals surface area contributed by atoms with Crippen LogP contribution in [0, 0.1) is 0 Å². The van der Waals surface area contributed by atoms with Crippen molar-refractivity contribution in [2.75, 3.05) is 13.3 Å². The topological polar surface area (TPSA) is 20.3 Å². The van der Waals surface area contributed by atoms with Crippen molar-refractivity contribution in [2.45, 2.75) is 18.1 Å². The van der Waals surface area contributed by atoms with E-state index < -0.39 is 10.0 Å². The van der Waals surface area contributed by atoms with Crippen LogP contribution >= 0.6 is 22.2 Å². The average Bonchev–Trinajstić information content (AvgIpc) is 2.92. The molecule has 1 saturated heterocycles. The average molecular weight is 215 g/mol. The van der Waals surface area contributed by atoms with Crippen LogP contribution in [0.25, 0.3) is 0 Å². The quantitative estimate of drug-likeness (QED) is 0.491. The summed E-state index contributed by atoms with van der Waals surface area (Å²) in [7, 11) is 0.609. The molecule has 1 heterocycles. The van der Waals surface area contributed by atoms with Gasteiger partial charge in [-0.2, -0.15) is 10.0 Å². The molecule has 2 nitrogen and oxygen atoms in total. The highest BCUT2D eigenvalue weighted by Gasteiger charge is 2.51. The van der Waals surface area contributed by atoms with Crippen molar-refractivity contribution >= 4 is 32.5 Å². The van der Waals surface area contributed by atoms with Crippen molar-refractivity contribution < 1.29 is 4.79 Å². The number of carbonyl (C=O) groups excluding carboxylic acids is 1. The Labute approximate surface area is 85.3 Å². The van der Waals surface area contributed by atoms with Crippen LogP contribution < -0.4 is 0 Å². The number of hydrogen-bond acceptors (Lipinski definition) is 2. The molecule has 2 fully saturated rings. The summed E-state index contributed by atoms with van der Waals surface area (Å²) >= 11 is 5.33. The van der Waals surface area contributed by atoms with E-state index in [1.54, 1.807) is 11.9 Å². The summed E-state index contributed by atoms with van der Waals surface area (Å²) in [6.45, 7) is 3.91. The van der Waals surface area contributed by atoms with Gasteiger partial charge in [0.05, 0.1) is 4.91 Å². The van der Waals surface area contributed by atoms with E-state index in [9.17, 15) is 4.79 Å². The van der Waals surface area contributed by atoms with Crippen molar-refractivity contribution in [3.63, 3.8) is 0 Å². The van der Waals surface area contributed by atoms with E-state index in [4.69, 9.17) is 12.2 Å². The summed E-state index contributed by atoms with van der Waals surface area (Å²) in [5.74, 6) is 0.0365. The van der Waals surface area contributed by atoms with Gasteiger partial charge in [0.15, 0.2) is 0 Å². The second-order valence-corrected chi connectivity index (χ2v) is 7.89. The van der Waals surface area contributed by atoms with Gasteiger partial charge in [-0.05, 0) is 24.3 Å². The number of rotatable bonds is 1. The Morgan fingerprint density at radius 2 is 2.15 bits per heavy atom. The van der Waals surface area contributed by atoms with Gasteiger partial charge in [0.2, 0.25) is 0 Å². The largest absolute Gasteiger partial charge is 0.297 e. The molecule has 0 radical (unpaired) electrons. The molecule has 1 amide bonds. The standard InChI is InChI=1S/C9H13NOS2/c1-6-8(11)10(2)9(12)13(6,3)7-4-5-7/h7H,1,4-5H2,2-3H3. The van der Waals surface area contributed by atoms with E-state index in [2.05, 4.69) is 12.8 Å². The maximum Gasteiger partial charge on any atom is 0.263 e. The fourth-order valence-corrected chi connectivity index (χ4v) is 5.65. The number of likely N-dealkylation sites (N-methyl/N-ethyl adjacent to an activating group) is 1. The van der Waals surface area contributed by atoms with Crippen molar-refractivity contribution in [3.05, 3.63) is 11.5 Å². The zero-order valence-corrected chi connectivity index (χ0v) is 9.50. The Balaban J connectivity index is 2.44. The van der Waals surface area contributed by atoms with Crippen LogP contribution in [0.15, 0.2) is 11.5 Å². The van der Waals surface area contributed by atoms with E-state index in [1.165, 1.54) is 12.8 Å². The lowest BCUT2D eigenvalue weighted by Gasteiger charge is -2.30. The molecule has 1 aliphatic carbocycles. The molecule has 2 rings (SSSR count). The zero-order valence-electron chi connectivity index (χ0n) is 7.87. The van der Waals surface area contributed by atoms with E-state index in [1.807, 2.05) is 0 Å². The van der Waals surface area contributed by atoms with E-state index in [-0.39, 0.29) is 5.91 Å². The van der Waals surface area contributed by atoms with Gasteiger partial charge in [0.25, 0.3) is 5.91 Å². The predicted molar refractivity (Wildman–Crippen MR) is 61.0 cm³/mol. The fourth-order valence-electron chi connectivity index (χ4n) is 1.72. The molecule has 0 spiro atoms. The zero-order chi connectivity index (χ0) is 9.80. The van der Waals surface area contributed by atoms with E-state index >= 15 is 0 Å². The maximum atomic E-state index is 11.6. The highest BCUT2D eigenvalue weighted by atomic mass is 32.3. The molecule has 0 aromatic rings. The normalized spacial score (nSPS) is 39.5. The molecule has 1 saturated carbocycles. The lowest BCUT2D eigenvalue weighted by atomic mass is 10.5. The number of hydrogen-bond donors (Lipinski definition) is 0. The minimum atomic E-state index is -1.15. The second kappa shape index (κ2) is 2.58. The molecule has 2 aliphatic rings. The van der Waals surface area contributed by atoms with Gasteiger partial charge in [-0.25, -0.2) is 0 Å². The third kappa shape index (κ3) is 1.02. The van der Waals surface area contributed by atoms with Crippen LogP contribution in [0.1, 0.15) is 12.8 Å². The maximum absolute atomic E-state index is 11.6. The van der Waals surface area contributed by atoms with Gasteiger partial charge in [-0.3, -0.25) is 9.69 Å². The highest BCUT2D eigenvalue weighted by Crippen LogP contribution is 2.68. The third-order valence-corrected chi connectivity index (χ3v) is 8.20. The Bertz CT molecular complexity index is 322. The molecule has 72 valence electrons. The summed E-state index contributed by atoms with van der Waals surface area (Å²) in [5, 5.41) is 0.640. The van der Waals surface area contributed by atoms with Crippen LogP contribution in [-0.4, -0.2) is 33.7 Å². The van der Waals surface area contributed by atoms with Crippen molar-refractivity contribution in [1.82, 2.24) is 4.90 Å². The van der Waals surface area contributed by atoms with Crippen LogP contribution in [0.4, 0.5) is 0 Å². The minimum Gasteiger partial charge on any atom is -0.297 e. The summed E-state index contributed by atoms with van der Waals surface area (Å²) in [6, 6.07) is 0. The first-order valence-corrected chi connectivity index (χ1v) is 6.79. The summed E-state index contributed by atoms with van der Waals surface area (Å²) < 4.78 is 0.838. The van der Waals surface area contributed by atoms with Crippen LogP contribution in [0.3, 0.4) is 0 Å². The number of thiocarbonyl (C=S) groups is 1. The molecule has 1 atom stereocenters. The first-order valence-electron chi connectivity index (χ1n) is 4.27. The van der Waals surface area contributed by atoms with E-state index in [0.29, 0.717) is 5.25 Å². The molecular formula is C9H13NOS2. The molecular weight excluding hydrogens is 202 g/mol. The highest BCUT2D eigenvalue weighted by molar-refractivity contribution is 8.53. The van der Waals surface area contributed by atoms with Gasteiger partial charge in [0.1, 0.15) is 4.32 Å². The van der Waals surface area contributed by atoms with Crippen molar-refractivity contribution in [2.24, 2.45) is 0 Å². The van der Waals surface area contributed by atoms with Crippen LogP contribution in [0.2, 0.25) is 0 Å². The van der Waals surface area contributed by atoms with Gasteiger partial charge in [-0.15, -0.1) is 0 Å². The summed E-state index contributed by atoms with van der Waals surface area (Å²) in [5.41, 5.74) is 0. The molecule has 13 heavy (non-hydrogen) atoms. The Morgan fingerprint density at radius 1 is 1.62 bits per heavy atom. The Hall–Kier alpha value is -0.350. The van der Waals surface area contributed by atoms with Crippen LogP contribution in [-0.2, 0) is 4.79 Å². The molecule has 0 aromatic carbocycles.